The van der Waals surface area contributed by atoms with Gasteiger partial charge in [0.25, 0.3) is 17.7 Å². The molecule has 4 N–H and O–H groups in total. The smallest absolute Gasteiger partial charge is 0.264 e. The molecule has 0 aliphatic carbocycles. The van der Waals surface area contributed by atoms with Gasteiger partial charge in [0.2, 0.25) is 0 Å². The molecule has 278 valence electrons. The summed E-state index contributed by atoms with van der Waals surface area (Å²) in [5.41, 5.74) is 2.12. The fourth-order valence-electron chi connectivity index (χ4n) is 6.33. The first-order valence-electron chi connectivity index (χ1n) is 17.5. The van der Waals surface area contributed by atoms with Crippen molar-refractivity contribution in [3.63, 3.8) is 0 Å². The maximum Gasteiger partial charge on any atom is 0.264 e. The lowest BCUT2D eigenvalue weighted by Crippen LogP contribution is -2.44. The molecule has 6 rings (SSSR count). The fourth-order valence-corrected chi connectivity index (χ4v) is 6.33. The number of aliphatic hydroxyl groups is 2. The Labute approximate surface area is 312 Å². The number of aromatic nitrogens is 3. The van der Waals surface area contributed by atoms with E-state index in [4.69, 9.17) is 14.6 Å². The molecule has 3 amide bonds. The zero-order valence-electron chi connectivity index (χ0n) is 30.2. The van der Waals surface area contributed by atoms with Crippen LogP contribution in [0.1, 0.15) is 50.9 Å². The van der Waals surface area contributed by atoms with Crippen LogP contribution in [0.25, 0.3) is 0 Å². The Morgan fingerprint density at radius 2 is 1.52 bits per heavy atom. The summed E-state index contributed by atoms with van der Waals surface area (Å²) < 4.78 is 12.1. The van der Waals surface area contributed by atoms with Gasteiger partial charge in [-0.15, -0.1) is 5.10 Å². The first kappa shape index (κ1) is 37.4. The molecule has 1 aromatic heterocycles. The summed E-state index contributed by atoms with van der Waals surface area (Å²) in [6.07, 6.45) is 6.44. The molecule has 0 radical (unpaired) electrons. The Hall–Kier alpha value is -6.31. The Kier molecular flexibility index (Phi) is 11.5. The maximum atomic E-state index is 14.4. The highest BCUT2D eigenvalue weighted by atomic mass is 16.5. The number of allylic oxidation sites excluding steroid dienone is 1. The zero-order chi connectivity index (χ0) is 38.2. The lowest BCUT2D eigenvalue weighted by atomic mass is 9.82. The summed E-state index contributed by atoms with van der Waals surface area (Å²) in [6, 6.07) is 25.7. The van der Waals surface area contributed by atoms with Gasteiger partial charge in [-0.3, -0.25) is 19.1 Å². The van der Waals surface area contributed by atoms with E-state index in [0.717, 1.165) is 5.56 Å². The molecule has 5 aromatic rings. The van der Waals surface area contributed by atoms with Gasteiger partial charge in [0.15, 0.2) is 5.60 Å². The number of hydrogen-bond acceptors (Lipinski definition) is 9. The van der Waals surface area contributed by atoms with E-state index >= 15 is 0 Å². The molecule has 0 unspecified atom stereocenters. The number of methoxy groups -OCH3 is 2. The van der Waals surface area contributed by atoms with Crippen molar-refractivity contribution in [3.05, 3.63) is 137 Å². The van der Waals surface area contributed by atoms with Gasteiger partial charge in [0, 0.05) is 59.8 Å². The number of rotatable bonds is 15. The lowest BCUT2D eigenvalue weighted by molar-refractivity contribution is -0.139. The fraction of sp³-hybridized carbons (Fsp3) is 0.244. The van der Waals surface area contributed by atoms with Gasteiger partial charge in [-0.05, 0) is 90.8 Å². The number of nitrogens with one attached hydrogen (secondary N) is 2. The summed E-state index contributed by atoms with van der Waals surface area (Å²) in [5.74, 6) is -0.596. The van der Waals surface area contributed by atoms with Gasteiger partial charge in [-0.1, -0.05) is 36.4 Å². The second-order valence-electron chi connectivity index (χ2n) is 12.9. The third-order valence-electron chi connectivity index (χ3n) is 9.32. The Balaban J connectivity index is 1.24. The number of fused-ring (bicyclic) bond motifs is 1. The number of aliphatic hydroxyl groups excluding tert-OH is 1. The number of carbonyl (C=O) groups is 3. The summed E-state index contributed by atoms with van der Waals surface area (Å²) in [6.45, 7) is 2.38. The van der Waals surface area contributed by atoms with Crippen LogP contribution in [0.15, 0.2) is 109 Å². The number of aryl methyl sites for hydroxylation is 1. The largest absolute Gasteiger partial charge is 0.497 e. The van der Waals surface area contributed by atoms with Crippen LogP contribution in [0.4, 0.5) is 17.1 Å². The normalized spacial score (nSPS) is 15.6. The third kappa shape index (κ3) is 8.17. The predicted octanol–water partition coefficient (Wildman–Crippen LogP) is 5.35. The van der Waals surface area contributed by atoms with E-state index < -0.39 is 17.4 Å². The predicted molar refractivity (Wildman–Crippen MR) is 204 cm³/mol. The molecule has 54 heavy (non-hydrogen) atoms. The highest BCUT2D eigenvalue weighted by Gasteiger charge is 2.52. The van der Waals surface area contributed by atoms with Crippen LogP contribution in [0.5, 0.6) is 11.5 Å². The van der Waals surface area contributed by atoms with Crippen LogP contribution in [-0.4, -0.2) is 63.8 Å². The van der Waals surface area contributed by atoms with Crippen molar-refractivity contribution < 1.29 is 34.1 Å². The SMILES string of the molecule is COc1ccc(C(=O)Nc2cccc(CN3C(=O)[C@](O)([C@H](C)/C=C/CCn4cc(CCO)nn4)c4cc(NC(=O)c5ccc(OC)cc5)ccc43)c2)cc1. The number of ether oxygens (including phenoxy) is 2. The van der Waals surface area contributed by atoms with Gasteiger partial charge in [-0.25, -0.2) is 0 Å². The first-order valence-corrected chi connectivity index (χ1v) is 17.5. The van der Waals surface area contributed by atoms with Crippen molar-refractivity contribution in [2.24, 2.45) is 5.92 Å². The Morgan fingerprint density at radius 3 is 2.13 bits per heavy atom. The standard InChI is InChI=1S/C41H42N6O7/c1-27(7-4-5-21-46-26-33(20-22-48)44-45-46)41(52)36-24-32(43-39(50)30-12-17-35(54-3)18-13-30)14-19-37(36)47(40(41)51)25-28-8-6-9-31(23-28)42-38(49)29-10-15-34(53-2)16-11-29/h4,6-19,23-24,26-27,48,52H,5,20-22,25H2,1-3H3,(H,42,49)(H,43,50)/b7-4+/t27-,41+/m1/s1. The van der Waals surface area contributed by atoms with Crippen molar-refractivity contribution in [3.8, 4) is 11.5 Å². The van der Waals surface area contributed by atoms with Crippen molar-refractivity contribution in [1.29, 1.82) is 0 Å². The molecule has 13 heteroatoms. The molecule has 2 atom stereocenters. The van der Waals surface area contributed by atoms with Crippen LogP contribution >= 0.6 is 0 Å². The van der Waals surface area contributed by atoms with Crippen LogP contribution in [0.3, 0.4) is 0 Å². The van der Waals surface area contributed by atoms with E-state index in [2.05, 4.69) is 20.9 Å². The van der Waals surface area contributed by atoms with Gasteiger partial charge < -0.3 is 35.2 Å². The van der Waals surface area contributed by atoms with Crippen molar-refractivity contribution in [2.45, 2.75) is 38.5 Å². The molecular weight excluding hydrogens is 688 g/mol. The second kappa shape index (κ2) is 16.6. The summed E-state index contributed by atoms with van der Waals surface area (Å²) >= 11 is 0. The Bertz CT molecular complexity index is 2150. The summed E-state index contributed by atoms with van der Waals surface area (Å²) in [4.78, 5) is 42.1. The molecule has 0 saturated carbocycles. The molecule has 1 aliphatic heterocycles. The Morgan fingerprint density at radius 1 is 0.889 bits per heavy atom. The van der Waals surface area contributed by atoms with E-state index in [-0.39, 0.29) is 25.0 Å². The summed E-state index contributed by atoms with van der Waals surface area (Å²) in [5, 5.41) is 35.5. The van der Waals surface area contributed by atoms with E-state index in [0.29, 0.717) is 70.3 Å². The quantitative estimate of drug-likeness (QED) is 0.104. The summed E-state index contributed by atoms with van der Waals surface area (Å²) in [7, 11) is 3.11. The molecule has 0 bridgehead atoms. The molecule has 0 spiro atoms. The molecule has 0 fully saturated rings. The van der Waals surface area contributed by atoms with Gasteiger partial charge >= 0.3 is 0 Å². The minimum Gasteiger partial charge on any atom is -0.497 e. The molecule has 2 heterocycles. The van der Waals surface area contributed by atoms with E-state index in [9.17, 15) is 19.5 Å². The molecule has 4 aromatic carbocycles. The lowest BCUT2D eigenvalue weighted by Gasteiger charge is -2.28. The van der Waals surface area contributed by atoms with Gasteiger partial charge in [-0.2, -0.15) is 0 Å². The monoisotopic (exact) mass is 730 g/mol. The minimum absolute atomic E-state index is 0.0132. The highest BCUT2D eigenvalue weighted by Crippen LogP contribution is 2.47. The van der Waals surface area contributed by atoms with Crippen molar-refractivity contribution in [2.75, 3.05) is 36.4 Å². The topological polar surface area (TPSA) is 168 Å². The average Bonchev–Trinajstić information content (AvgIpc) is 3.73. The number of benzene rings is 4. The minimum atomic E-state index is -1.96. The van der Waals surface area contributed by atoms with Crippen LogP contribution < -0.4 is 25.0 Å². The van der Waals surface area contributed by atoms with E-state index in [1.54, 1.807) is 123 Å². The second-order valence-corrected chi connectivity index (χ2v) is 12.9. The number of nitrogens with zero attached hydrogens (tertiary/aromatic N) is 4. The molecule has 0 saturated heterocycles. The van der Waals surface area contributed by atoms with Crippen LogP contribution in [-0.2, 0) is 29.9 Å². The molecule has 1 aliphatic rings. The highest BCUT2D eigenvalue weighted by molar-refractivity contribution is 6.09. The number of hydrogen-bond donors (Lipinski definition) is 4. The molecular formula is C41H42N6O7. The number of amides is 3. The van der Waals surface area contributed by atoms with Gasteiger partial charge in [0.1, 0.15) is 11.5 Å². The maximum absolute atomic E-state index is 14.4. The van der Waals surface area contributed by atoms with E-state index in [1.165, 1.54) is 4.90 Å². The van der Waals surface area contributed by atoms with Crippen molar-refractivity contribution >= 4 is 34.8 Å². The molecule has 13 nitrogen and oxygen atoms in total. The number of carbonyl (C=O) groups excluding carboxylic acids is 3. The number of anilines is 3. The third-order valence-corrected chi connectivity index (χ3v) is 9.32. The first-order chi connectivity index (χ1) is 26.1. The van der Waals surface area contributed by atoms with Crippen LogP contribution in [0, 0.1) is 5.92 Å². The van der Waals surface area contributed by atoms with Crippen LogP contribution in [0.2, 0.25) is 0 Å². The van der Waals surface area contributed by atoms with Gasteiger partial charge in [0.05, 0.1) is 32.1 Å². The van der Waals surface area contributed by atoms with E-state index in [1.807, 2.05) is 12.1 Å². The van der Waals surface area contributed by atoms with Crippen molar-refractivity contribution in [1.82, 2.24) is 15.0 Å². The average molecular weight is 731 g/mol. The zero-order valence-corrected chi connectivity index (χ0v) is 30.2.